The zero-order valence-electron chi connectivity index (χ0n) is 31.3. The summed E-state index contributed by atoms with van der Waals surface area (Å²) < 4.78 is 25.2. The van der Waals surface area contributed by atoms with Gasteiger partial charge in [-0.2, -0.15) is 0 Å². The molecule has 0 bridgehead atoms. The summed E-state index contributed by atoms with van der Waals surface area (Å²) in [5, 5.41) is 0. The molecule has 0 saturated carbocycles. The van der Waals surface area contributed by atoms with Gasteiger partial charge in [0.05, 0.1) is 13.2 Å². The molecule has 274 valence electrons. The van der Waals surface area contributed by atoms with Gasteiger partial charge in [-0.25, -0.2) is 4.67 Å². The summed E-state index contributed by atoms with van der Waals surface area (Å²) in [6.07, 6.45) is 28.7. The number of carbonyl (C=O) groups is 2. The maximum Gasteiger partial charge on any atom is 0.305 e. The van der Waals surface area contributed by atoms with Crippen molar-refractivity contribution in [3.8, 4) is 0 Å². The molecule has 0 radical (unpaired) electrons. The average molecular weight is 674 g/mol. The number of unbranched alkanes of at least 4 members (excludes halogenated alkanes) is 20. The number of hydrogen-bond acceptors (Lipinski definition) is 7. The van der Waals surface area contributed by atoms with Crippen molar-refractivity contribution in [2.45, 2.75) is 208 Å². The van der Waals surface area contributed by atoms with Crippen molar-refractivity contribution in [2.75, 3.05) is 26.4 Å². The molecule has 0 heterocycles. The smallest absolute Gasteiger partial charge is 0.305 e. The highest BCUT2D eigenvalue weighted by molar-refractivity contribution is 7.44. The molecule has 0 unspecified atom stereocenters. The van der Waals surface area contributed by atoms with Crippen LogP contribution in [0.4, 0.5) is 0 Å². The minimum absolute atomic E-state index is 0.154. The molecule has 0 aliphatic rings. The molecule has 46 heavy (non-hydrogen) atoms. The molecule has 0 aliphatic carbocycles. The topological polar surface area (TPSA) is 74.3 Å². The number of esters is 2. The van der Waals surface area contributed by atoms with E-state index in [1.807, 2.05) is 0 Å². The molecule has 0 amide bonds. The molecule has 0 saturated heterocycles. The predicted octanol–water partition coefficient (Wildman–Crippen LogP) is 11.9. The van der Waals surface area contributed by atoms with E-state index in [0.29, 0.717) is 12.8 Å². The van der Waals surface area contributed by atoms with E-state index < -0.39 is 8.53 Å². The zero-order valence-corrected chi connectivity index (χ0v) is 32.2. The minimum Gasteiger partial charge on any atom is -0.463 e. The highest BCUT2D eigenvalue weighted by Gasteiger charge is 2.27. The second kappa shape index (κ2) is 34.1. The molecule has 8 heteroatoms. The van der Waals surface area contributed by atoms with E-state index in [1.165, 1.54) is 116 Å². The maximum atomic E-state index is 12.2. The van der Waals surface area contributed by atoms with Crippen LogP contribution in [0.5, 0.6) is 0 Å². The third kappa shape index (κ3) is 29.4. The Hall–Kier alpha value is -0.750. The molecule has 0 aromatic rings. The van der Waals surface area contributed by atoms with E-state index in [4.69, 9.17) is 18.5 Å². The lowest BCUT2D eigenvalue weighted by Gasteiger charge is -2.35. The van der Waals surface area contributed by atoms with Crippen LogP contribution >= 0.6 is 8.53 Å². The number of ether oxygens (including phenoxy) is 2. The second-order valence-electron chi connectivity index (χ2n) is 13.5. The molecule has 0 rings (SSSR count). The first-order chi connectivity index (χ1) is 22.3. The monoisotopic (exact) mass is 674 g/mol. The molecular formula is C38H76NO6P. The Bertz CT molecular complexity index is 624. The van der Waals surface area contributed by atoms with Gasteiger partial charge in [0.1, 0.15) is 13.2 Å². The average Bonchev–Trinajstić information content (AvgIpc) is 3.02. The Morgan fingerprint density at radius 2 is 0.739 bits per heavy atom. The summed E-state index contributed by atoms with van der Waals surface area (Å²) in [5.74, 6) is -0.307. The summed E-state index contributed by atoms with van der Waals surface area (Å²) >= 11 is 0. The number of hydrogen-bond donors (Lipinski definition) is 0. The lowest BCUT2D eigenvalue weighted by atomic mass is 10.1. The van der Waals surface area contributed by atoms with Gasteiger partial charge in [0.2, 0.25) is 0 Å². The molecule has 0 spiro atoms. The summed E-state index contributed by atoms with van der Waals surface area (Å²) in [6, 6.07) is 0.441. The van der Waals surface area contributed by atoms with E-state index in [9.17, 15) is 9.59 Å². The van der Waals surface area contributed by atoms with E-state index in [2.05, 4.69) is 46.2 Å². The normalized spacial score (nSPS) is 11.8. The molecule has 0 aliphatic heterocycles. The fourth-order valence-electron chi connectivity index (χ4n) is 5.70. The highest BCUT2D eigenvalue weighted by Crippen LogP contribution is 2.45. The SMILES string of the molecule is CCCCCCCCCCCCCC(=O)OCCOP(OCCOC(=O)CCCCCCCCCCCCC)N(C(C)C)C(C)C. The molecule has 0 aromatic heterocycles. The van der Waals surface area contributed by atoms with E-state index in [-0.39, 0.29) is 50.4 Å². The second-order valence-corrected chi connectivity index (χ2v) is 14.9. The number of rotatable bonds is 35. The van der Waals surface area contributed by atoms with E-state index >= 15 is 0 Å². The van der Waals surface area contributed by atoms with Gasteiger partial charge in [-0.1, -0.05) is 142 Å². The summed E-state index contributed by atoms with van der Waals surface area (Å²) in [6.45, 7) is 14.0. The Labute approximate surface area is 287 Å². The minimum atomic E-state index is -1.37. The van der Waals surface area contributed by atoms with Crippen molar-refractivity contribution in [1.82, 2.24) is 4.67 Å². The quantitative estimate of drug-likeness (QED) is 0.0376. The van der Waals surface area contributed by atoms with Gasteiger partial charge in [-0.3, -0.25) is 9.59 Å². The van der Waals surface area contributed by atoms with Crippen LogP contribution in [0.2, 0.25) is 0 Å². The molecular weight excluding hydrogens is 597 g/mol. The van der Waals surface area contributed by atoms with Gasteiger partial charge in [-0.15, -0.1) is 0 Å². The van der Waals surface area contributed by atoms with Crippen LogP contribution in [0.1, 0.15) is 196 Å². The van der Waals surface area contributed by atoms with Gasteiger partial charge in [0.25, 0.3) is 8.53 Å². The van der Waals surface area contributed by atoms with Gasteiger partial charge in [0, 0.05) is 24.9 Å². The number of carbonyl (C=O) groups excluding carboxylic acids is 2. The van der Waals surface area contributed by atoms with Crippen LogP contribution in [-0.2, 0) is 28.1 Å². The van der Waals surface area contributed by atoms with Crippen LogP contribution in [0, 0.1) is 0 Å². The summed E-state index contributed by atoms with van der Waals surface area (Å²) in [7, 11) is -1.37. The molecule has 0 N–H and O–H groups in total. The Morgan fingerprint density at radius 3 is 1.02 bits per heavy atom. The lowest BCUT2D eigenvalue weighted by molar-refractivity contribution is -0.145. The van der Waals surface area contributed by atoms with Crippen molar-refractivity contribution in [3.05, 3.63) is 0 Å². The predicted molar refractivity (Wildman–Crippen MR) is 195 cm³/mol. The molecule has 7 nitrogen and oxygen atoms in total. The van der Waals surface area contributed by atoms with Crippen molar-refractivity contribution < 1.29 is 28.1 Å². The van der Waals surface area contributed by atoms with Gasteiger partial charge in [-0.05, 0) is 40.5 Å². The first-order valence-corrected chi connectivity index (χ1v) is 20.6. The summed E-state index contributed by atoms with van der Waals surface area (Å²) in [4.78, 5) is 24.4. The maximum absolute atomic E-state index is 12.2. The largest absolute Gasteiger partial charge is 0.463 e. The van der Waals surface area contributed by atoms with Gasteiger partial charge in [0.15, 0.2) is 0 Å². The van der Waals surface area contributed by atoms with Crippen LogP contribution in [0.15, 0.2) is 0 Å². The Morgan fingerprint density at radius 1 is 0.457 bits per heavy atom. The van der Waals surface area contributed by atoms with Crippen molar-refractivity contribution in [2.24, 2.45) is 0 Å². The van der Waals surface area contributed by atoms with E-state index in [0.717, 1.165) is 25.7 Å². The first kappa shape index (κ1) is 45.2. The van der Waals surface area contributed by atoms with Gasteiger partial charge < -0.3 is 18.5 Å². The van der Waals surface area contributed by atoms with Crippen molar-refractivity contribution in [1.29, 1.82) is 0 Å². The number of nitrogens with zero attached hydrogens (tertiary/aromatic N) is 1. The molecule has 0 atom stereocenters. The lowest BCUT2D eigenvalue weighted by Crippen LogP contribution is -2.34. The fourth-order valence-corrected chi connectivity index (χ4v) is 7.25. The van der Waals surface area contributed by atoms with Crippen LogP contribution in [0.25, 0.3) is 0 Å². The fraction of sp³-hybridized carbons (Fsp3) is 0.947. The third-order valence-corrected chi connectivity index (χ3v) is 10.4. The zero-order chi connectivity index (χ0) is 34.1. The first-order valence-electron chi connectivity index (χ1n) is 19.5. The van der Waals surface area contributed by atoms with E-state index in [1.54, 1.807) is 0 Å². The van der Waals surface area contributed by atoms with Crippen LogP contribution < -0.4 is 0 Å². The highest BCUT2D eigenvalue weighted by atomic mass is 31.2. The van der Waals surface area contributed by atoms with Crippen LogP contribution in [-0.4, -0.2) is 55.1 Å². The Kier molecular flexibility index (Phi) is 33.6. The molecule has 0 aromatic carbocycles. The Balaban J connectivity index is 4.06. The molecule has 0 fully saturated rings. The van der Waals surface area contributed by atoms with Crippen LogP contribution in [0.3, 0.4) is 0 Å². The van der Waals surface area contributed by atoms with Crippen molar-refractivity contribution in [3.63, 3.8) is 0 Å². The summed E-state index contributed by atoms with van der Waals surface area (Å²) in [5.41, 5.74) is 0. The third-order valence-electron chi connectivity index (χ3n) is 8.31. The standard InChI is InChI=1S/C38H76NO6P/c1-7-9-11-13-15-17-19-21-23-25-27-29-37(40)42-31-33-44-46(39(35(3)4)36(5)6)45-34-32-43-38(41)30-28-26-24-22-20-18-16-14-12-10-8-2/h35-36H,7-34H2,1-6H3. The van der Waals surface area contributed by atoms with Crippen molar-refractivity contribution >= 4 is 20.5 Å². The van der Waals surface area contributed by atoms with Gasteiger partial charge >= 0.3 is 11.9 Å².